The van der Waals surface area contributed by atoms with Crippen LogP contribution in [0.4, 0.5) is 0 Å². The molecule has 4 nitrogen and oxygen atoms in total. The molecule has 1 saturated heterocycles. The molecule has 23 heavy (non-hydrogen) atoms. The Morgan fingerprint density at radius 3 is 2.74 bits per heavy atom. The zero-order chi connectivity index (χ0) is 17.1. The van der Waals surface area contributed by atoms with E-state index in [1.54, 1.807) is 13.0 Å². The van der Waals surface area contributed by atoms with Crippen LogP contribution < -0.4 is 5.11 Å². The summed E-state index contributed by atoms with van der Waals surface area (Å²) in [6, 6.07) is 6.70. The minimum atomic E-state index is -1.27. The van der Waals surface area contributed by atoms with Gasteiger partial charge in [0.15, 0.2) is 0 Å². The van der Waals surface area contributed by atoms with Gasteiger partial charge in [-0.15, -0.1) is 0 Å². The molecule has 0 bridgehead atoms. The molecule has 1 aromatic rings. The molecule has 1 aromatic carbocycles. The van der Waals surface area contributed by atoms with Crippen LogP contribution in [0.5, 0.6) is 0 Å². The van der Waals surface area contributed by atoms with Crippen LogP contribution >= 0.6 is 24.0 Å². The van der Waals surface area contributed by atoms with Gasteiger partial charge in [0.1, 0.15) is 4.32 Å². The molecule has 0 N–H and O–H groups in total. The van der Waals surface area contributed by atoms with Crippen LogP contribution in [0.2, 0.25) is 0 Å². The number of thiocarbonyl (C=S) groups is 1. The fourth-order valence-corrected chi connectivity index (χ4v) is 3.78. The Kier molecular flexibility index (Phi) is 5.59. The van der Waals surface area contributed by atoms with Gasteiger partial charge in [0.25, 0.3) is 5.91 Å². The average molecular weight is 348 g/mol. The maximum absolute atomic E-state index is 12.6. The van der Waals surface area contributed by atoms with Crippen LogP contribution in [0.25, 0.3) is 6.08 Å². The monoisotopic (exact) mass is 348 g/mol. The number of carboxylic acid groups (broad SMARTS) is 1. The van der Waals surface area contributed by atoms with E-state index in [0.717, 1.165) is 22.9 Å². The van der Waals surface area contributed by atoms with E-state index in [0.29, 0.717) is 11.3 Å². The molecule has 0 spiro atoms. The zero-order valence-corrected chi connectivity index (χ0v) is 14.9. The van der Waals surface area contributed by atoms with E-state index >= 15 is 0 Å². The highest BCUT2D eigenvalue weighted by atomic mass is 32.2. The number of rotatable bonds is 5. The summed E-state index contributed by atoms with van der Waals surface area (Å²) in [4.78, 5) is 25.7. The number of hydrogen-bond donors (Lipinski definition) is 0. The number of thioether (sulfide) groups is 1. The Morgan fingerprint density at radius 2 is 2.17 bits per heavy atom. The third-order valence-corrected chi connectivity index (χ3v) is 5.20. The number of benzene rings is 1. The third-order valence-electron chi connectivity index (χ3n) is 3.87. The van der Waals surface area contributed by atoms with Crippen LogP contribution in [0.1, 0.15) is 31.4 Å². The minimum absolute atomic E-state index is 0.235. The topological polar surface area (TPSA) is 60.4 Å². The zero-order valence-electron chi connectivity index (χ0n) is 13.2. The molecule has 1 fully saturated rings. The lowest BCUT2D eigenvalue weighted by molar-refractivity contribution is -0.311. The van der Waals surface area contributed by atoms with Gasteiger partial charge in [0.05, 0.1) is 16.9 Å². The van der Waals surface area contributed by atoms with E-state index < -0.39 is 12.0 Å². The van der Waals surface area contributed by atoms with Gasteiger partial charge in [0.2, 0.25) is 0 Å². The Labute approximate surface area is 145 Å². The van der Waals surface area contributed by atoms with Crippen LogP contribution in [-0.2, 0) is 9.59 Å². The predicted octanol–water partition coefficient (Wildman–Crippen LogP) is 2.36. The number of aliphatic carboxylic acids is 1. The fourth-order valence-electron chi connectivity index (χ4n) is 2.45. The maximum Gasteiger partial charge on any atom is 0.266 e. The highest BCUT2D eigenvalue weighted by Crippen LogP contribution is 2.35. The van der Waals surface area contributed by atoms with Crippen molar-refractivity contribution in [3.05, 3.63) is 40.3 Å². The second-order valence-electron chi connectivity index (χ2n) is 5.62. The number of carboxylic acids is 1. The van der Waals surface area contributed by atoms with Gasteiger partial charge in [-0.3, -0.25) is 9.69 Å². The first kappa shape index (κ1) is 17.7. The summed E-state index contributed by atoms with van der Waals surface area (Å²) < 4.78 is 0.267. The number of carbonyl (C=O) groups is 2. The number of aryl methyl sites for hydroxylation is 1. The van der Waals surface area contributed by atoms with Gasteiger partial charge < -0.3 is 9.90 Å². The van der Waals surface area contributed by atoms with Gasteiger partial charge in [-0.25, -0.2) is 0 Å². The maximum atomic E-state index is 12.6. The van der Waals surface area contributed by atoms with E-state index in [-0.39, 0.29) is 16.1 Å². The molecule has 122 valence electrons. The average Bonchev–Trinajstić information content (AvgIpc) is 2.75. The molecular weight excluding hydrogens is 330 g/mol. The normalized spacial score (nSPS) is 19.3. The second kappa shape index (κ2) is 7.27. The van der Waals surface area contributed by atoms with Crippen molar-refractivity contribution in [3.63, 3.8) is 0 Å². The van der Waals surface area contributed by atoms with Gasteiger partial charge in [-0.05, 0) is 24.5 Å². The summed E-state index contributed by atoms with van der Waals surface area (Å²) in [6.45, 7) is 5.63. The van der Waals surface area contributed by atoms with Crippen molar-refractivity contribution in [3.8, 4) is 0 Å². The van der Waals surface area contributed by atoms with Crippen molar-refractivity contribution in [1.29, 1.82) is 0 Å². The molecule has 2 atom stereocenters. The van der Waals surface area contributed by atoms with E-state index in [1.165, 1.54) is 4.90 Å². The van der Waals surface area contributed by atoms with Crippen molar-refractivity contribution in [2.24, 2.45) is 5.92 Å². The number of amides is 1. The summed E-state index contributed by atoms with van der Waals surface area (Å²) in [7, 11) is 0. The standard InChI is InChI=1S/C17H19NO3S2/c1-4-11(3)14(16(20)21)18-15(19)13(23-17(18)22)9-12-7-5-6-10(2)8-12/h5-9,11,14H,4H2,1-3H3,(H,20,21)/p-1/b13-9-/t11-,14-/m1/s1. The van der Waals surface area contributed by atoms with Crippen molar-refractivity contribution in [2.75, 3.05) is 0 Å². The van der Waals surface area contributed by atoms with Gasteiger partial charge in [0, 0.05) is 0 Å². The molecular formula is C17H18NO3S2-. The Hall–Kier alpha value is -1.66. The summed E-state index contributed by atoms with van der Waals surface area (Å²) in [5.41, 5.74) is 1.97. The van der Waals surface area contributed by atoms with E-state index in [9.17, 15) is 14.7 Å². The molecule has 0 aromatic heterocycles. The molecule has 1 amide bonds. The predicted molar refractivity (Wildman–Crippen MR) is 94.4 cm³/mol. The highest BCUT2D eigenvalue weighted by molar-refractivity contribution is 8.26. The molecule has 0 aliphatic carbocycles. The van der Waals surface area contributed by atoms with Crippen LogP contribution in [0.15, 0.2) is 29.2 Å². The number of nitrogens with zero attached hydrogens (tertiary/aromatic N) is 1. The molecule has 0 radical (unpaired) electrons. The van der Waals surface area contributed by atoms with Gasteiger partial charge in [-0.1, -0.05) is 74.1 Å². The molecule has 1 heterocycles. The van der Waals surface area contributed by atoms with Crippen molar-refractivity contribution in [2.45, 2.75) is 33.2 Å². The summed E-state index contributed by atoms with van der Waals surface area (Å²) in [5, 5.41) is 11.5. The van der Waals surface area contributed by atoms with E-state index in [1.807, 2.05) is 38.1 Å². The highest BCUT2D eigenvalue weighted by Gasteiger charge is 2.39. The fraction of sp³-hybridized carbons (Fsp3) is 0.353. The van der Waals surface area contributed by atoms with Crippen molar-refractivity contribution >= 4 is 46.3 Å². The molecule has 6 heteroatoms. The molecule has 1 aliphatic heterocycles. The number of carbonyl (C=O) groups excluding carboxylic acids is 2. The van der Waals surface area contributed by atoms with Crippen molar-refractivity contribution < 1.29 is 14.7 Å². The molecule has 1 aliphatic rings. The molecule has 0 unspecified atom stereocenters. The molecule has 0 saturated carbocycles. The van der Waals surface area contributed by atoms with Crippen molar-refractivity contribution in [1.82, 2.24) is 4.90 Å². The Bertz CT molecular complexity index is 684. The first-order valence-corrected chi connectivity index (χ1v) is 8.62. The largest absolute Gasteiger partial charge is 0.548 e. The second-order valence-corrected chi connectivity index (χ2v) is 7.29. The summed E-state index contributed by atoms with van der Waals surface area (Å²) >= 11 is 6.37. The minimum Gasteiger partial charge on any atom is -0.548 e. The third kappa shape index (κ3) is 3.82. The van der Waals surface area contributed by atoms with Gasteiger partial charge in [-0.2, -0.15) is 0 Å². The van der Waals surface area contributed by atoms with Gasteiger partial charge >= 0.3 is 0 Å². The lowest BCUT2D eigenvalue weighted by Gasteiger charge is -2.32. The smallest absolute Gasteiger partial charge is 0.266 e. The van der Waals surface area contributed by atoms with Crippen LogP contribution in [-0.4, -0.2) is 27.1 Å². The quantitative estimate of drug-likeness (QED) is 0.604. The molecule has 2 rings (SSSR count). The van der Waals surface area contributed by atoms with Crippen LogP contribution in [0, 0.1) is 12.8 Å². The first-order valence-electron chi connectivity index (χ1n) is 7.39. The number of hydrogen-bond acceptors (Lipinski definition) is 5. The van der Waals surface area contributed by atoms with E-state index in [4.69, 9.17) is 12.2 Å². The summed E-state index contributed by atoms with van der Waals surface area (Å²) in [5.74, 6) is -1.87. The van der Waals surface area contributed by atoms with E-state index in [2.05, 4.69) is 0 Å². The Morgan fingerprint density at radius 1 is 1.48 bits per heavy atom. The lowest BCUT2D eigenvalue weighted by Crippen LogP contribution is -2.53. The SMILES string of the molecule is CC[C@@H](C)[C@H](C(=O)[O-])N1C(=O)/C(=C/c2cccc(C)c2)SC1=S. The van der Waals surface area contributed by atoms with Crippen LogP contribution in [0.3, 0.4) is 0 Å². The Balaban J connectivity index is 2.34. The summed E-state index contributed by atoms with van der Waals surface area (Å²) in [6.07, 6.45) is 2.36. The first-order chi connectivity index (χ1) is 10.8. The lowest BCUT2D eigenvalue weighted by atomic mass is 9.98.